The van der Waals surface area contributed by atoms with Gasteiger partial charge in [0.25, 0.3) is 11.7 Å². The fraction of sp³-hybridized carbons (Fsp3) is 0.642. The molecule has 15 nitrogen and oxygen atoms in total. The molecule has 68 heavy (non-hydrogen) atoms. The van der Waals surface area contributed by atoms with E-state index < -0.39 is 83.9 Å². The fourth-order valence-corrected chi connectivity index (χ4v) is 10.5. The van der Waals surface area contributed by atoms with Crippen molar-refractivity contribution in [1.82, 2.24) is 4.90 Å². The minimum absolute atomic E-state index is 0.00988. The molecule has 1 aliphatic carbocycles. The van der Waals surface area contributed by atoms with Crippen LogP contribution in [0, 0.1) is 29.6 Å². The Morgan fingerprint density at radius 2 is 1.65 bits per heavy atom. The van der Waals surface area contributed by atoms with Crippen LogP contribution < -0.4 is 5.32 Å². The SMILES string of the molecule is C1=CNc2ccccc2C=N1.C=CC[C@@H]1/C=C(\C)C[C@H](C)C[C@H](OC)[C@H]2O[C@@](O)(C(=O)C(=O)N3CCCC[C@H]3C(=O)O[C@H](/C(C)=C/[C@@H]3CC[C@@H](O)[C@H](OC)C3)[C@H](C)[C@@H](O)CC1=O)[C@H](C)C[C@@H]2OC. The number of anilines is 1. The molecule has 4 aliphatic heterocycles. The molecule has 14 atom stereocenters. The molecule has 4 heterocycles. The molecule has 6 rings (SSSR count). The summed E-state index contributed by atoms with van der Waals surface area (Å²) in [5, 5.41) is 37.3. The van der Waals surface area contributed by atoms with E-state index in [4.69, 9.17) is 23.7 Å². The Hall–Kier alpha value is -4.35. The van der Waals surface area contributed by atoms with E-state index >= 15 is 0 Å². The highest BCUT2D eigenvalue weighted by Gasteiger charge is 2.56. The molecular weight excluding hydrogens is 871 g/mol. The summed E-state index contributed by atoms with van der Waals surface area (Å²) in [5.41, 5.74) is 3.83. The number of amides is 1. The third-order valence-corrected chi connectivity index (χ3v) is 14.4. The number of benzene rings is 1. The lowest BCUT2D eigenvalue weighted by molar-refractivity contribution is -0.302. The lowest BCUT2D eigenvalue weighted by Gasteiger charge is -2.47. The Morgan fingerprint density at radius 1 is 0.941 bits per heavy atom. The van der Waals surface area contributed by atoms with Crippen molar-refractivity contribution in [1.29, 1.82) is 0 Å². The van der Waals surface area contributed by atoms with Gasteiger partial charge in [0.2, 0.25) is 5.79 Å². The van der Waals surface area contributed by atoms with E-state index in [1.165, 1.54) is 19.1 Å². The second kappa shape index (κ2) is 25.5. The topological polar surface area (TPSA) is 203 Å². The highest BCUT2D eigenvalue weighted by Crippen LogP contribution is 2.39. The molecule has 1 aromatic carbocycles. The number of rotatable bonds is 7. The van der Waals surface area contributed by atoms with Crippen LogP contribution in [0.4, 0.5) is 5.69 Å². The molecule has 376 valence electrons. The minimum atomic E-state index is -2.51. The molecule has 0 spiro atoms. The number of allylic oxidation sites excluding steroid dienone is 4. The molecule has 1 aromatic rings. The zero-order valence-corrected chi connectivity index (χ0v) is 41.4. The molecule has 5 aliphatic rings. The van der Waals surface area contributed by atoms with E-state index in [-0.39, 0.29) is 49.5 Å². The molecule has 2 bridgehead atoms. The highest BCUT2D eigenvalue weighted by molar-refractivity contribution is 6.39. The maximum atomic E-state index is 14.3. The lowest BCUT2D eigenvalue weighted by Crippen LogP contribution is -2.64. The number of nitrogens with one attached hydrogen (secondary N) is 1. The molecule has 4 N–H and O–H groups in total. The molecule has 0 radical (unpaired) electrons. The third kappa shape index (κ3) is 13.7. The summed E-state index contributed by atoms with van der Waals surface area (Å²) in [6.07, 6.45) is 10.3. The summed E-state index contributed by atoms with van der Waals surface area (Å²) in [5.74, 6) is -7.76. The molecule has 1 saturated carbocycles. The van der Waals surface area contributed by atoms with E-state index in [0.717, 1.165) is 16.8 Å². The molecule has 3 fully saturated rings. The lowest BCUT2D eigenvalue weighted by atomic mass is 9.81. The molecule has 0 unspecified atom stereocenters. The van der Waals surface area contributed by atoms with Crippen LogP contribution in [0.5, 0.6) is 0 Å². The van der Waals surface area contributed by atoms with Gasteiger partial charge in [-0.05, 0) is 102 Å². The van der Waals surface area contributed by atoms with Crippen molar-refractivity contribution in [3.05, 3.63) is 78.2 Å². The predicted molar refractivity (Wildman–Crippen MR) is 259 cm³/mol. The monoisotopic (exact) mass is 948 g/mol. The number of piperidine rings is 1. The number of hydrogen-bond donors (Lipinski definition) is 4. The smallest absolute Gasteiger partial charge is 0.329 e. The summed E-state index contributed by atoms with van der Waals surface area (Å²) < 4.78 is 29.7. The van der Waals surface area contributed by atoms with Crippen LogP contribution in [0.2, 0.25) is 0 Å². The van der Waals surface area contributed by atoms with Crippen molar-refractivity contribution in [3.63, 3.8) is 0 Å². The van der Waals surface area contributed by atoms with Crippen LogP contribution in [0.25, 0.3) is 0 Å². The summed E-state index contributed by atoms with van der Waals surface area (Å²) in [4.78, 5) is 61.9. The Morgan fingerprint density at radius 3 is 2.35 bits per heavy atom. The van der Waals surface area contributed by atoms with E-state index in [1.54, 1.807) is 33.2 Å². The minimum Gasteiger partial charge on any atom is -0.456 e. The molecular formula is C53H77N3O12. The van der Waals surface area contributed by atoms with Gasteiger partial charge < -0.3 is 49.2 Å². The van der Waals surface area contributed by atoms with Crippen molar-refractivity contribution in [3.8, 4) is 0 Å². The number of ether oxygens (including phenoxy) is 5. The molecule has 2 saturated heterocycles. The predicted octanol–water partition coefficient (Wildman–Crippen LogP) is 6.64. The number of esters is 1. The number of ketones is 2. The summed E-state index contributed by atoms with van der Waals surface area (Å²) in [7, 11) is 4.61. The van der Waals surface area contributed by atoms with Crippen molar-refractivity contribution >= 4 is 35.3 Å². The van der Waals surface area contributed by atoms with Crippen molar-refractivity contribution in [2.24, 2.45) is 34.6 Å². The van der Waals surface area contributed by atoms with Crippen LogP contribution in [-0.4, -0.2) is 132 Å². The number of aliphatic imine (C=N–C) groups is 1. The Labute approximate surface area is 403 Å². The van der Waals surface area contributed by atoms with Gasteiger partial charge in [0.05, 0.1) is 30.5 Å². The van der Waals surface area contributed by atoms with Crippen molar-refractivity contribution in [2.45, 2.75) is 160 Å². The number of fused-ring (bicyclic) bond motifs is 4. The van der Waals surface area contributed by atoms with Crippen LogP contribution in [-0.2, 0) is 42.9 Å². The largest absolute Gasteiger partial charge is 0.456 e. The third-order valence-electron chi connectivity index (χ3n) is 14.4. The number of nitrogens with zero attached hydrogens (tertiary/aromatic N) is 2. The van der Waals surface area contributed by atoms with E-state index in [1.807, 2.05) is 69.6 Å². The van der Waals surface area contributed by atoms with Crippen molar-refractivity contribution < 1.29 is 58.2 Å². The van der Waals surface area contributed by atoms with Gasteiger partial charge in [0.1, 0.15) is 24.0 Å². The summed E-state index contributed by atoms with van der Waals surface area (Å²) >= 11 is 0. The van der Waals surface area contributed by atoms with Crippen LogP contribution in [0.1, 0.15) is 111 Å². The Bertz CT molecular complexity index is 2020. The molecule has 15 heteroatoms. The number of carbonyl (C=O) groups is 4. The maximum absolute atomic E-state index is 14.3. The van der Waals surface area contributed by atoms with Gasteiger partial charge >= 0.3 is 5.97 Å². The number of aliphatic hydroxyl groups excluding tert-OH is 2. The standard InChI is InChI=1S/C44H69NO12.C9H8N2/c1-10-13-31-19-25(2)18-26(3)20-37(54-8)40-38(55-9)22-28(5)44(52,57-40)41(49)42(50)45-17-12-11-14-32(45)43(51)56-39(29(6)34(47)24-35(31)48)27(4)21-30-15-16-33(46)36(23-30)53-7;1-2-4-9-8(3-1)7-10-5-6-11-9/h10,19,21,26,28-34,36-40,46-47,52H,1,11-18,20,22-24H2,2-9H3;1-7,11H/b25-19+,27-21+;/t26-,28+,29+,30-,31+,32-,33+,34-,36+,37-,38-,39+,40+,44+;/m0./s1. The first-order valence-electron chi connectivity index (χ1n) is 24.4. The number of cyclic esters (lactones) is 1. The van der Waals surface area contributed by atoms with Gasteiger partial charge in [-0.2, -0.15) is 0 Å². The van der Waals surface area contributed by atoms with E-state index in [9.17, 15) is 34.5 Å². The average molecular weight is 948 g/mol. The number of Topliss-reactive ketones (excluding diaryl/α,β-unsaturated/α-hetero) is 2. The van der Waals surface area contributed by atoms with Gasteiger partial charge in [0, 0.05) is 81.9 Å². The van der Waals surface area contributed by atoms with Crippen LogP contribution in [0.15, 0.2) is 77.6 Å². The van der Waals surface area contributed by atoms with E-state index in [2.05, 4.69) is 16.9 Å². The summed E-state index contributed by atoms with van der Waals surface area (Å²) in [6, 6.07) is 6.91. The van der Waals surface area contributed by atoms with Gasteiger partial charge in [-0.1, -0.05) is 62.8 Å². The second-order valence-electron chi connectivity index (χ2n) is 19.6. The first-order valence-corrected chi connectivity index (χ1v) is 24.4. The zero-order valence-electron chi connectivity index (χ0n) is 41.4. The highest BCUT2D eigenvalue weighted by atomic mass is 16.7. The average Bonchev–Trinajstić information content (AvgIpc) is 3.58. The Kier molecular flexibility index (Phi) is 20.5. The maximum Gasteiger partial charge on any atom is 0.329 e. The van der Waals surface area contributed by atoms with Gasteiger partial charge in [-0.15, -0.1) is 6.58 Å². The zero-order chi connectivity index (χ0) is 49.7. The van der Waals surface area contributed by atoms with Crippen LogP contribution in [0.3, 0.4) is 0 Å². The van der Waals surface area contributed by atoms with Crippen molar-refractivity contribution in [2.75, 3.05) is 33.2 Å². The first kappa shape index (κ1) is 54.6. The summed E-state index contributed by atoms with van der Waals surface area (Å²) in [6.45, 7) is 13.1. The number of carbonyl (C=O) groups excluding carboxylic acids is 4. The van der Waals surface area contributed by atoms with Crippen LogP contribution >= 0.6 is 0 Å². The number of para-hydroxylation sites is 1. The normalized spacial score (nSPS) is 36.5. The molecule has 0 aromatic heterocycles. The first-order chi connectivity index (χ1) is 32.4. The van der Waals surface area contributed by atoms with Gasteiger partial charge in [0.15, 0.2) is 0 Å². The second-order valence-corrected chi connectivity index (χ2v) is 19.6. The molecule has 1 amide bonds. The number of methoxy groups -OCH3 is 3. The van der Waals surface area contributed by atoms with Gasteiger partial charge in [-0.25, -0.2) is 4.79 Å². The number of hydrogen-bond acceptors (Lipinski definition) is 14. The quantitative estimate of drug-likeness (QED) is 0.129. The Balaban J connectivity index is 0.000000680. The van der Waals surface area contributed by atoms with Gasteiger partial charge in [-0.3, -0.25) is 19.4 Å². The van der Waals surface area contributed by atoms with E-state index in [0.29, 0.717) is 56.9 Å². The fourth-order valence-electron chi connectivity index (χ4n) is 10.5. The number of aliphatic hydroxyl groups is 3.